The molecule has 0 bridgehead atoms. The zero-order chi connectivity index (χ0) is 16.2. The first kappa shape index (κ1) is 16.3. The minimum atomic E-state index is 0.0564. The molecule has 23 heavy (non-hydrogen) atoms. The highest BCUT2D eigenvalue weighted by Crippen LogP contribution is 2.37. The van der Waals surface area contributed by atoms with Gasteiger partial charge in [0.25, 0.3) is 0 Å². The predicted molar refractivity (Wildman–Crippen MR) is 103 cm³/mol. The van der Waals surface area contributed by atoms with Gasteiger partial charge in [-0.3, -0.25) is 4.79 Å². The molecule has 0 N–H and O–H groups in total. The molecule has 1 aromatic heterocycles. The van der Waals surface area contributed by atoms with Crippen molar-refractivity contribution in [2.45, 2.75) is 11.1 Å². The molecule has 0 aliphatic heterocycles. The van der Waals surface area contributed by atoms with E-state index in [0.29, 0.717) is 5.02 Å². The first-order valence-electron chi connectivity index (χ1n) is 7.31. The molecule has 1 nitrogen and oxygen atoms in total. The molecule has 0 saturated heterocycles. The smallest absolute Gasteiger partial charge is 0.189 e. The molecular weight excluding hydrogens is 344 g/mol. The number of hydrogen-bond acceptors (Lipinski definition) is 3. The Bertz CT molecular complexity index is 855. The van der Waals surface area contributed by atoms with Crippen molar-refractivity contribution in [3.63, 3.8) is 0 Å². The third-order valence-electron chi connectivity index (χ3n) is 3.38. The molecule has 116 valence electrons. The summed E-state index contributed by atoms with van der Waals surface area (Å²) < 4.78 is 1.06. The average Bonchev–Trinajstić information content (AvgIpc) is 2.57. The Morgan fingerprint density at radius 3 is 2.35 bits per heavy atom. The molecule has 0 aliphatic carbocycles. The second-order valence-corrected chi connectivity index (χ2v) is 7.96. The van der Waals surface area contributed by atoms with Gasteiger partial charge in [-0.05, 0) is 29.0 Å². The Morgan fingerprint density at radius 2 is 1.70 bits per heavy atom. The van der Waals surface area contributed by atoms with Gasteiger partial charge in [0.15, 0.2) is 5.43 Å². The number of halogens is 1. The van der Waals surface area contributed by atoms with E-state index in [1.165, 1.54) is 0 Å². The fraction of sp³-hybridized carbons (Fsp3) is 0.105. The highest BCUT2D eigenvalue weighted by atomic mass is 35.5. The van der Waals surface area contributed by atoms with Crippen LogP contribution in [-0.2, 0) is 0 Å². The van der Waals surface area contributed by atoms with Gasteiger partial charge in [0.1, 0.15) is 0 Å². The Balaban J connectivity index is 2.17. The van der Waals surface area contributed by atoms with Crippen LogP contribution in [0, 0.1) is 0 Å². The minimum absolute atomic E-state index is 0.0564. The van der Waals surface area contributed by atoms with Crippen molar-refractivity contribution in [2.75, 3.05) is 5.75 Å². The maximum absolute atomic E-state index is 12.8. The molecule has 0 atom stereocenters. The first-order valence-corrected chi connectivity index (χ1v) is 9.49. The second-order valence-electron chi connectivity index (χ2n) is 4.94. The maximum Gasteiger partial charge on any atom is 0.189 e. The summed E-state index contributed by atoms with van der Waals surface area (Å²) in [7, 11) is 0. The summed E-state index contributed by atoms with van der Waals surface area (Å²) in [4.78, 5) is 13.8. The van der Waals surface area contributed by atoms with Crippen LogP contribution in [0.4, 0.5) is 0 Å². The van der Waals surface area contributed by atoms with Gasteiger partial charge in [-0.2, -0.15) is 0 Å². The van der Waals surface area contributed by atoms with Crippen molar-refractivity contribution >= 4 is 34.7 Å². The van der Waals surface area contributed by atoms with Crippen LogP contribution in [0.15, 0.2) is 69.7 Å². The molecule has 0 aliphatic rings. The van der Waals surface area contributed by atoms with Crippen LogP contribution in [0.1, 0.15) is 6.92 Å². The molecule has 2 aromatic carbocycles. The van der Waals surface area contributed by atoms with Crippen LogP contribution in [0.2, 0.25) is 5.02 Å². The molecular formula is C19H15ClOS2. The fourth-order valence-corrected chi connectivity index (χ4v) is 4.88. The summed E-state index contributed by atoms with van der Waals surface area (Å²) >= 11 is 9.34. The van der Waals surface area contributed by atoms with Gasteiger partial charge in [0.05, 0.1) is 9.77 Å². The summed E-state index contributed by atoms with van der Waals surface area (Å²) in [5.74, 6) is 0.925. The lowest BCUT2D eigenvalue weighted by atomic mass is 10.1. The van der Waals surface area contributed by atoms with Crippen molar-refractivity contribution in [1.82, 2.24) is 0 Å². The Morgan fingerprint density at radius 1 is 1.00 bits per heavy atom. The SMILES string of the molecule is CCSc1sc(-c2ccccc2)cc(=O)c1-c1ccc(Cl)cc1. The van der Waals surface area contributed by atoms with Crippen molar-refractivity contribution < 1.29 is 0 Å². The number of benzene rings is 2. The van der Waals surface area contributed by atoms with Gasteiger partial charge < -0.3 is 0 Å². The van der Waals surface area contributed by atoms with Gasteiger partial charge >= 0.3 is 0 Å². The topological polar surface area (TPSA) is 17.1 Å². The lowest BCUT2D eigenvalue weighted by Crippen LogP contribution is -2.04. The van der Waals surface area contributed by atoms with E-state index >= 15 is 0 Å². The summed E-state index contributed by atoms with van der Waals surface area (Å²) in [6.45, 7) is 2.10. The van der Waals surface area contributed by atoms with Gasteiger partial charge in [-0.15, -0.1) is 23.1 Å². The molecule has 0 spiro atoms. The molecule has 4 heteroatoms. The van der Waals surface area contributed by atoms with E-state index in [1.54, 1.807) is 29.2 Å². The van der Waals surface area contributed by atoms with Crippen LogP contribution < -0.4 is 5.43 Å². The number of rotatable bonds is 4. The largest absolute Gasteiger partial charge is 0.289 e. The standard InChI is InChI=1S/C19H15ClOS2/c1-2-22-19-18(14-8-10-15(20)11-9-14)16(21)12-17(23-19)13-6-4-3-5-7-13/h3-12H,2H2,1H3. The van der Waals surface area contributed by atoms with Crippen LogP contribution in [-0.4, -0.2) is 5.75 Å². The molecule has 1 heterocycles. The molecule has 0 amide bonds. The molecule has 0 radical (unpaired) electrons. The lowest BCUT2D eigenvalue weighted by molar-refractivity contribution is 1.47. The summed E-state index contributed by atoms with van der Waals surface area (Å²) in [6, 6.07) is 19.2. The number of hydrogen-bond donors (Lipinski definition) is 0. The maximum atomic E-state index is 12.8. The zero-order valence-electron chi connectivity index (χ0n) is 12.6. The Labute approximate surface area is 149 Å². The third-order valence-corrected chi connectivity index (χ3v) is 5.96. The van der Waals surface area contributed by atoms with E-state index in [2.05, 4.69) is 6.92 Å². The van der Waals surface area contributed by atoms with Gasteiger partial charge in [-0.1, -0.05) is 61.0 Å². The highest BCUT2D eigenvalue weighted by molar-refractivity contribution is 8.01. The number of thioether (sulfide) groups is 1. The van der Waals surface area contributed by atoms with E-state index in [1.807, 2.05) is 54.6 Å². The van der Waals surface area contributed by atoms with Crippen LogP contribution in [0.5, 0.6) is 0 Å². The quantitative estimate of drug-likeness (QED) is 0.516. The van der Waals surface area contributed by atoms with Gasteiger partial charge in [0, 0.05) is 16.0 Å². The average molecular weight is 359 g/mol. The molecule has 0 unspecified atom stereocenters. The highest BCUT2D eigenvalue weighted by Gasteiger charge is 2.13. The van der Waals surface area contributed by atoms with Crippen LogP contribution >= 0.6 is 34.7 Å². The molecule has 0 saturated carbocycles. The van der Waals surface area contributed by atoms with Gasteiger partial charge in [0.2, 0.25) is 0 Å². The van der Waals surface area contributed by atoms with Crippen molar-refractivity contribution in [3.8, 4) is 21.6 Å². The minimum Gasteiger partial charge on any atom is -0.289 e. The first-order chi connectivity index (χ1) is 11.2. The summed E-state index contributed by atoms with van der Waals surface area (Å²) in [5, 5.41) is 0.676. The molecule has 3 aromatic rings. The van der Waals surface area contributed by atoms with Crippen LogP contribution in [0.3, 0.4) is 0 Å². The third kappa shape index (κ3) is 3.69. The monoisotopic (exact) mass is 358 g/mol. The van der Waals surface area contributed by atoms with Crippen molar-refractivity contribution in [2.24, 2.45) is 0 Å². The van der Waals surface area contributed by atoms with Crippen LogP contribution in [0.25, 0.3) is 21.6 Å². The van der Waals surface area contributed by atoms with E-state index in [4.69, 9.17) is 11.6 Å². The second kappa shape index (κ2) is 7.35. The summed E-state index contributed by atoms with van der Waals surface area (Å²) in [6.07, 6.45) is 0. The van der Waals surface area contributed by atoms with E-state index < -0.39 is 0 Å². The lowest BCUT2D eigenvalue weighted by Gasteiger charge is -2.10. The van der Waals surface area contributed by atoms with Crippen molar-refractivity contribution in [3.05, 3.63) is 75.9 Å². The Kier molecular flexibility index (Phi) is 5.21. The van der Waals surface area contributed by atoms with E-state index in [0.717, 1.165) is 31.5 Å². The van der Waals surface area contributed by atoms with E-state index in [9.17, 15) is 4.79 Å². The van der Waals surface area contributed by atoms with Crippen molar-refractivity contribution in [1.29, 1.82) is 0 Å². The zero-order valence-corrected chi connectivity index (χ0v) is 15.0. The molecule has 3 rings (SSSR count). The van der Waals surface area contributed by atoms with Gasteiger partial charge in [-0.25, -0.2) is 0 Å². The summed E-state index contributed by atoms with van der Waals surface area (Å²) in [5.41, 5.74) is 2.83. The molecule has 0 fully saturated rings. The predicted octanol–water partition coefficient (Wildman–Crippen LogP) is 6.21. The van der Waals surface area contributed by atoms with E-state index in [-0.39, 0.29) is 5.43 Å². The fourth-order valence-electron chi connectivity index (χ4n) is 2.33. The normalized spacial score (nSPS) is 10.7. The Hall–Kier alpha value is -1.55.